The molecule has 0 aliphatic carbocycles. The summed E-state index contributed by atoms with van der Waals surface area (Å²) >= 11 is 0. The highest BCUT2D eigenvalue weighted by atomic mass is 31.2. The number of benzene rings is 3. The SMILES string of the molecule is CN(C)c1cccc(P(=O)(c2ccccc2)c2cccc(N(C)C)c2)c1. The molecule has 0 aromatic heterocycles. The molecule has 26 heavy (non-hydrogen) atoms. The molecule has 4 heteroatoms. The van der Waals surface area contributed by atoms with E-state index in [0.717, 1.165) is 27.3 Å². The van der Waals surface area contributed by atoms with Gasteiger partial charge < -0.3 is 14.4 Å². The third-order valence-corrected chi connectivity index (χ3v) is 7.58. The fourth-order valence-electron chi connectivity index (χ4n) is 3.02. The standard InChI is InChI=1S/C22H25N2OP/c1-23(2)18-10-8-14-21(16-18)26(25,20-12-6-5-7-13-20)22-15-9-11-19(17-22)24(3)4/h5-17H,1-4H3. The molecule has 3 nitrogen and oxygen atoms in total. The first kappa shape index (κ1) is 18.3. The van der Waals surface area contributed by atoms with E-state index in [2.05, 4.69) is 0 Å². The second-order valence-electron chi connectivity index (χ2n) is 6.77. The first-order valence-corrected chi connectivity index (χ1v) is 10.3. The molecule has 0 amide bonds. The zero-order valence-corrected chi connectivity index (χ0v) is 16.6. The molecule has 3 aromatic rings. The van der Waals surface area contributed by atoms with Crippen LogP contribution in [0.5, 0.6) is 0 Å². The van der Waals surface area contributed by atoms with Gasteiger partial charge in [-0.15, -0.1) is 0 Å². The van der Waals surface area contributed by atoms with E-state index in [0.29, 0.717) is 0 Å². The first-order valence-electron chi connectivity index (χ1n) is 8.64. The normalized spacial score (nSPS) is 11.2. The maximum absolute atomic E-state index is 14.5. The summed E-state index contributed by atoms with van der Waals surface area (Å²) in [5.74, 6) is 0. The van der Waals surface area contributed by atoms with E-state index in [1.165, 1.54) is 0 Å². The Labute approximate surface area is 156 Å². The molecule has 0 atom stereocenters. The first-order chi connectivity index (χ1) is 12.4. The van der Waals surface area contributed by atoms with E-state index >= 15 is 0 Å². The predicted molar refractivity (Wildman–Crippen MR) is 114 cm³/mol. The summed E-state index contributed by atoms with van der Waals surface area (Å²) < 4.78 is 14.5. The van der Waals surface area contributed by atoms with E-state index in [1.807, 2.05) is 117 Å². The highest BCUT2D eigenvalue weighted by Gasteiger charge is 2.30. The minimum Gasteiger partial charge on any atom is -0.378 e. The fourth-order valence-corrected chi connectivity index (χ4v) is 5.73. The van der Waals surface area contributed by atoms with Crippen LogP contribution >= 0.6 is 7.14 Å². The van der Waals surface area contributed by atoms with Gasteiger partial charge >= 0.3 is 0 Å². The summed E-state index contributed by atoms with van der Waals surface area (Å²) in [6.07, 6.45) is 0. The Morgan fingerprint density at radius 3 is 1.42 bits per heavy atom. The molecule has 3 rings (SSSR count). The lowest BCUT2D eigenvalue weighted by molar-refractivity contribution is 0.592. The van der Waals surface area contributed by atoms with E-state index in [4.69, 9.17) is 0 Å². The monoisotopic (exact) mass is 364 g/mol. The van der Waals surface area contributed by atoms with Gasteiger partial charge in [0.1, 0.15) is 0 Å². The molecule has 0 heterocycles. The Morgan fingerprint density at radius 2 is 1.00 bits per heavy atom. The van der Waals surface area contributed by atoms with Gasteiger partial charge in [-0.05, 0) is 24.3 Å². The van der Waals surface area contributed by atoms with Gasteiger partial charge in [0.15, 0.2) is 7.14 Å². The summed E-state index contributed by atoms with van der Waals surface area (Å²) in [4.78, 5) is 4.07. The van der Waals surface area contributed by atoms with Crippen molar-refractivity contribution >= 4 is 34.4 Å². The number of nitrogens with zero attached hydrogens (tertiary/aromatic N) is 2. The van der Waals surface area contributed by atoms with Crippen LogP contribution in [0.25, 0.3) is 0 Å². The van der Waals surface area contributed by atoms with Gasteiger partial charge in [0, 0.05) is 55.5 Å². The molecule has 0 aliphatic heterocycles. The largest absolute Gasteiger partial charge is 0.378 e. The predicted octanol–water partition coefficient (Wildman–Crippen LogP) is 3.46. The van der Waals surface area contributed by atoms with Crippen LogP contribution in [0, 0.1) is 0 Å². The van der Waals surface area contributed by atoms with Crippen molar-refractivity contribution in [3.05, 3.63) is 78.9 Å². The second-order valence-corrected chi connectivity index (χ2v) is 9.54. The van der Waals surface area contributed by atoms with Crippen molar-refractivity contribution < 1.29 is 4.57 Å². The molecule has 0 spiro atoms. The minimum atomic E-state index is -2.96. The second kappa shape index (κ2) is 7.39. The van der Waals surface area contributed by atoms with Crippen molar-refractivity contribution in [2.75, 3.05) is 38.0 Å². The number of rotatable bonds is 5. The van der Waals surface area contributed by atoms with Crippen molar-refractivity contribution in [1.29, 1.82) is 0 Å². The molecule has 0 aliphatic rings. The Hall–Kier alpha value is -2.51. The van der Waals surface area contributed by atoms with Gasteiger partial charge in [0.05, 0.1) is 0 Å². The molecule has 0 bridgehead atoms. The van der Waals surface area contributed by atoms with Crippen LogP contribution in [-0.2, 0) is 4.57 Å². The average Bonchev–Trinajstić information content (AvgIpc) is 2.68. The van der Waals surface area contributed by atoms with Crippen LogP contribution in [-0.4, -0.2) is 28.2 Å². The number of hydrogen-bond donors (Lipinski definition) is 0. The van der Waals surface area contributed by atoms with Crippen molar-refractivity contribution in [1.82, 2.24) is 0 Å². The minimum absolute atomic E-state index is 0.853. The highest BCUT2D eigenvalue weighted by molar-refractivity contribution is 7.85. The van der Waals surface area contributed by atoms with Crippen molar-refractivity contribution in [3.8, 4) is 0 Å². The van der Waals surface area contributed by atoms with Crippen LogP contribution in [0.15, 0.2) is 78.9 Å². The zero-order valence-electron chi connectivity index (χ0n) is 15.8. The molecule has 0 saturated carbocycles. The lowest BCUT2D eigenvalue weighted by Gasteiger charge is -2.23. The molecule has 0 fully saturated rings. The summed E-state index contributed by atoms with van der Waals surface area (Å²) in [6.45, 7) is 0. The topological polar surface area (TPSA) is 23.6 Å². The van der Waals surface area contributed by atoms with Crippen molar-refractivity contribution in [2.24, 2.45) is 0 Å². The fraction of sp³-hybridized carbons (Fsp3) is 0.182. The third kappa shape index (κ3) is 3.40. The van der Waals surface area contributed by atoms with E-state index in [-0.39, 0.29) is 0 Å². The molecular formula is C22H25N2OP. The van der Waals surface area contributed by atoms with Gasteiger partial charge in [0.2, 0.25) is 0 Å². The molecule has 134 valence electrons. The molecular weight excluding hydrogens is 339 g/mol. The van der Waals surface area contributed by atoms with Crippen LogP contribution in [0.2, 0.25) is 0 Å². The highest BCUT2D eigenvalue weighted by Crippen LogP contribution is 2.43. The Bertz CT molecular complexity index is 880. The maximum Gasteiger partial charge on any atom is 0.171 e. The van der Waals surface area contributed by atoms with Gasteiger partial charge in [0.25, 0.3) is 0 Å². The molecule has 0 radical (unpaired) electrons. The lowest BCUT2D eigenvalue weighted by Crippen LogP contribution is -2.26. The number of anilines is 2. The van der Waals surface area contributed by atoms with Crippen LogP contribution in [0.3, 0.4) is 0 Å². The van der Waals surface area contributed by atoms with Gasteiger partial charge in [-0.3, -0.25) is 0 Å². The number of hydrogen-bond acceptors (Lipinski definition) is 3. The summed E-state index contributed by atoms with van der Waals surface area (Å²) in [5.41, 5.74) is 2.09. The van der Waals surface area contributed by atoms with Crippen molar-refractivity contribution in [2.45, 2.75) is 0 Å². The lowest BCUT2D eigenvalue weighted by atomic mass is 10.3. The van der Waals surface area contributed by atoms with E-state index < -0.39 is 7.14 Å². The third-order valence-electron chi connectivity index (χ3n) is 4.54. The van der Waals surface area contributed by atoms with E-state index in [9.17, 15) is 4.57 Å². The smallest absolute Gasteiger partial charge is 0.171 e. The molecule has 0 N–H and O–H groups in total. The van der Waals surface area contributed by atoms with Gasteiger partial charge in [-0.2, -0.15) is 0 Å². The van der Waals surface area contributed by atoms with Gasteiger partial charge in [-0.1, -0.05) is 54.6 Å². The summed E-state index contributed by atoms with van der Waals surface area (Å²) in [7, 11) is 5.03. The Kier molecular flexibility index (Phi) is 5.20. The Morgan fingerprint density at radius 1 is 0.577 bits per heavy atom. The Balaban J connectivity index is 2.27. The van der Waals surface area contributed by atoms with Crippen LogP contribution in [0.4, 0.5) is 11.4 Å². The van der Waals surface area contributed by atoms with Crippen LogP contribution in [0.1, 0.15) is 0 Å². The maximum atomic E-state index is 14.5. The van der Waals surface area contributed by atoms with Crippen LogP contribution < -0.4 is 25.7 Å². The zero-order chi connectivity index (χ0) is 18.7. The molecule has 0 saturated heterocycles. The molecule has 0 unspecified atom stereocenters. The summed E-state index contributed by atoms with van der Waals surface area (Å²) in [6, 6.07) is 25.9. The van der Waals surface area contributed by atoms with E-state index in [1.54, 1.807) is 0 Å². The molecule has 3 aromatic carbocycles. The average molecular weight is 364 g/mol. The summed E-state index contributed by atoms with van der Waals surface area (Å²) in [5, 5.41) is 2.56. The van der Waals surface area contributed by atoms with Gasteiger partial charge in [-0.25, -0.2) is 0 Å². The van der Waals surface area contributed by atoms with Crippen molar-refractivity contribution in [3.63, 3.8) is 0 Å². The quantitative estimate of drug-likeness (QED) is 0.648.